The maximum Gasteiger partial charge on any atom is 0.282 e. The van der Waals surface area contributed by atoms with E-state index in [1.807, 2.05) is 5.43 Å². The van der Waals surface area contributed by atoms with E-state index in [2.05, 4.69) is 5.16 Å². The van der Waals surface area contributed by atoms with Crippen LogP contribution in [0.1, 0.15) is 19.3 Å². The van der Waals surface area contributed by atoms with Gasteiger partial charge in [-0.2, -0.15) is 0 Å². The Morgan fingerprint density at radius 3 is 3.29 bits per heavy atom. The van der Waals surface area contributed by atoms with Gasteiger partial charge >= 0.3 is 0 Å². The Labute approximate surface area is 81.4 Å². The molecule has 2 atom stereocenters. The van der Waals surface area contributed by atoms with Gasteiger partial charge in [-0.3, -0.25) is 10.2 Å². The lowest BCUT2D eigenvalue weighted by atomic mass is 9.93. The van der Waals surface area contributed by atoms with Crippen LogP contribution in [0, 0.1) is 5.92 Å². The van der Waals surface area contributed by atoms with E-state index in [9.17, 15) is 4.79 Å². The molecule has 0 aromatic carbocycles. The highest BCUT2D eigenvalue weighted by atomic mass is 16.8. The second-order valence-electron chi connectivity index (χ2n) is 3.46. The second kappa shape index (κ2) is 3.93. The summed E-state index contributed by atoms with van der Waals surface area (Å²) in [5, 5.41) is 3.68. The van der Waals surface area contributed by atoms with E-state index in [4.69, 9.17) is 15.4 Å². The van der Waals surface area contributed by atoms with Gasteiger partial charge in [0.05, 0.1) is 6.61 Å². The van der Waals surface area contributed by atoms with Gasteiger partial charge in [0.1, 0.15) is 5.71 Å². The van der Waals surface area contributed by atoms with E-state index in [-0.39, 0.29) is 18.1 Å². The van der Waals surface area contributed by atoms with E-state index in [0.717, 1.165) is 12.8 Å². The zero-order valence-corrected chi connectivity index (χ0v) is 7.73. The van der Waals surface area contributed by atoms with Crippen molar-refractivity contribution in [2.24, 2.45) is 16.9 Å². The van der Waals surface area contributed by atoms with Crippen LogP contribution in [-0.2, 0) is 14.4 Å². The van der Waals surface area contributed by atoms with Gasteiger partial charge in [-0.1, -0.05) is 5.16 Å². The van der Waals surface area contributed by atoms with Gasteiger partial charge in [0.15, 0.2) is 0 Å². The normalized spacial score (nSPS) is 31.1. The van der Waals surface area contributed by atoms with E-state index >= 15 is 0 Å². The van der Waals surface area contributed by atoms with Crippen LogP contribution < -0.4 is 11.3 Å². The molecule has 1 amide bonds. The van der Waals surface area contributed by atoms with Crippen LogP contribution >= 0.6 is 0 Å². The van der Waals surface area contributed by atoms with Gasteiger partial charge in [0, 0.05) is 12.3 Å². The average Bonchev–Trinajstić information content (AvgIpc) is 2.27. The van der Waals surface area contributed by atoms with Gasteiger partial charge in [-0.05, 0) is 12.8 Å². The first-order chi connectivity index (χ1) is 6.81. The molecule has 0 aromatic rings. The molecule has 1 saturated heterocycles. The quantitative estimate of drug-likeness (QED) is 0.339. The van der Waals surface area contributed by atoms with Crippen molar-refractivity contribution in [1.82, 2.24) is 5.43 Å². The SMILES string of the molecule is NNC(=O)C1=NO[C@@H]2OCCC[C@@H]2C1. The van der Waals surface area contributed by atoms with Crippen molar-refractivity contribution in [2.45, 2.75) is 25.6 Å². The molecular formula is C8H13N3O3. The third-order valence-corrected chi connectivity index (χ3v) is 2.50. The molecule has 3 N–H and O–H groups in total. The summed E-state index contributed by atoms with van der Waals surface area (Å²) in [6.45, 7) is 0.703. The summed E-state index contributed by atoms with van der Waals surface area (Å²) < 4.78 is 5.35. The van der Waals surface area contributed by atoms with Crippen LogP contribution in [-0.4, -0.2) is 24.5 Å². The minimum Gasteiger partial charge on any atom is -0.363 e. The molecular weight excluding hydrogens is 186 g/mol. The second-order valence-corrected chi connectivity index (χ2v) is 3.46. The minimum absolute atomic E-state index is 0.230. The number of hydrogen-bond donors (Lipinski definition) is 2. The monoisotopic (exact) mass is 199 g/mol. The number of ether oxygens (including phenoxy) is 1. The van der Waals surface area contributed by atoms with Crippen LogP contribution in [0.3, 0.4) is 0 Å². The number of carbonyl (C=O) groups is 1. The van der Waals surface area contributed by atoms with Gasteiger partial charge in [0.25, 0.3) is 5.91 Å². The number of rotatable bonds is 1. The van der Waals surface area contributed by atoms with Crippen molar-refractivity contribution in [3.8, 4) is 0 Å². The Morgan fingerprint density at radius 1 is 1.64 bits per heavy atom. The molecule has 2 aliphatic heterocycles. The zero-order valence-electron chi connectivity index (χ0n) is 7.73. The smallest absolute Gasteiger partial charge is 0.282 e. The number of nitrogens with one attached hydrogen (secondary N) is 1. The Kier molecular flexibility index (Phi) is 2.64. The fraction of sp³-hybridized carbons (Fsp3) is 0.750. The van der Waals surface area contributed by atoms with Crippen molar-refractivity contribution in [1.29, 1.82) is 0 Å². The standard InChI is InChI=1S/C8H13N3O3/c9-10-7(12)6-4-5-2-1-3-13-8(5)14-11-6/h5,8H,1-4,9H2,(H,10,12)/t5-,8+/m1/s1. The summed E-state index contributed by atoms with van der Waals surface area (Å²) in [5.74, 6) is 4.85. The highest BCUT2D eigenvalue weighted by Gasteiger charge is 2.34. The van der Waals surface area contributed by atoms with Crippen LogP contribution in [0.5, 0.6) is 0 Å². The highest BCUT2D eigenvalue weighted by molar-refractivity contribution is 6.38. The predicted octanol–water partition coefficient (Wildman–Crippen LogP) is -0.495. The molecule has 2 rings (SSSR count). The number of amides is 1. The molecule has 0 aliphatic carbocycles. The summed E-state index contributed by atoms with van der Waals surface area (Å²) in [6.07, 6.45) is 2.30. The molecule has 2 aliphatic rings. The van der Waals surface area contributed by atoms with Gasteiger partial charge < -0.3 is 9.57 Å². The molecule has 0 radical (unpaired) electrons. The molecule has 2 heterocycles. The van der Waals surface area contributed by atoms with Gasteiger partial charge in [0.2, 0.25) is 6.29 Å². The number of oxime groups is 1. The number of nitrogens with two attached hydrogens (primary N) is 1. The molecule has 6 heteroatoms. The Hall–Kier alpha value is -1.14. The molecule has 6 nitrogen and oxygen atoms in total. The first kappa shape index (κ1) is 9.42. The Bertz CT molecular complexity index is 267. The van der Waals surface area contributed by atoms with E-state index < -0.39 is 0 Å². The topological polar surface area (TPSA) is 85.9 Å². The summed E-state index contributed by atoms with van der Waals surface area (Å²) >= 11 is 0. The molecule has 0 spiro atoms. The van der Waals surface area contributed by atoms with Crippen molar-refractivity contribution >= 4 is 11.6 Å². The number of hydrogen-bond acceptors (Lipinski definition) is 5. The van der Waals surface area contributed by atoms with E-state index in [1.54, 1.807) is 0 Å². The number of nitrogens with zero attached hydrogens (tertiary/aromatic N) is 1. The largest absolute Gasteiger partial charge is 0.363 e. The summed E-state index contributed by atoms with van der Waals surface area (Å²) in [6, 6.07) is 0. The summed E-state index contributed by atoms with van der Waals surface area (Å²) in [7, 11) is 0. The van der Waals surface area contributed by atoms with E-state index in [0.29, 0.717) is 18.7 Å². The third kappa shape index (κ3) is 1.71. The lowest BCUT2D eigenvalue weighted by molar-refractivity contribution is -0.198. The van der Waals surface area contributed by atoms with Gasteiger partial charge in [-0.25, -0.2) is 5.84 Å². The lowest BCUT2D eigenvalue weighted by Crippen LogP contribution is -2.43. The molecule has 0 saturated carbocycles. The highest BCUT2D eigenvalue weighted by Crippen LogP contribution is 2.28. The summed E-state index contributed by atoms with van der Waals surface area (Å²) in [4.78, 5) is 16.2. The average molecular weight is 199 g/mol. The molecule has 0 aromatic heterocycles. The van der Waals surface area contributed by atoms with Crippen LogP contribution in [0.15, 0.2) is 5.16 Å². The fourth-order valence-corrected chi connectivity index (χ4v) is 1.75. The van der Waals surface area contributed by atoms with Crippen molar-refractivity contribution < 1.29 is 14.4 Å². The first-order valence-electron chi connectivity index (χ1n) is 4.66. The number of hydrazine groups is 1. The van der Waals surface area contributed by atoms with Crippen molar-refractivity contribution in [3.63, 3.8) is 0 Å². The van der Waals surface area contributed by atoms with E-state index in [1.165, 1.54) is 0 Å². The maximum atomic E-state index is 11.2. The minimum atomic E-state index is -0.381. The molecule has 14 heavy (non-hydrogen) atoms. The third-order valence-electron chi connectivity index (χ3n) is 2.50. The first-order valence-corrected chi connectivity index (χ1v) is 4.66. The number of fused-ring (bicyclic) bond motifs is 1. The van der Waals surface area contributed by atoms with Crippen LogP contribution in [0.2, 0.25) is 0 Å². The van der Waals surface area contributed by atoms with Crippen LogP contribution in [0.4, 0.5) is 0 Å². The molecule has 0 bridgehead atoms. The van der Waals surface area contributed by atoms with Gasteiger partial charge in [-0.15, -0.1) is 0 Å². The number of carbonyl (C=O) groups excluding carboxylic acids is 1. The molecule has 0 unspecified atom stereocenters. The summed E-state index contributed by atoms with van der Waals surface area (Å²) in [5.41, 5.74) is 2.39. The molecule has 1 fully saturated rings. The maximum absolute atomic E-state index is 11.2. The lowest BCUT2D eigenvalue weighted by Gasteiger charge is -2.32. The van der Waals surface area contributed by atoms with Crippen molar-refractivity contribution in [3.05, 3.63) is 0 Å². The van der Waals surface area contributed by atoms with Crippen molar-refractivity contribution in [2.75, 3.05) is 6.61 Å². The van der Waals surface area contributed by atoms with Crippen LogP contribution in [0.25, 0.3) is 0 Å². The fourth-order valence-electron chi connectivity index (χ4n) is 1.75. The Morgan fingerprint density at radius 2 is 2.50 bits per heavy atom. The Balaban J connectivity index is 2.03. The predicted molar refractivity (Wildman–Crippen MR) is 47.9 cm³/mol. The molecule has 78 valence electrons. The zero-order chi connectivity index (χ0) is 9.97.